The fourth-order valence-electron chi connectivity index (χ4n) is 7.11. The molecular formula is C38H48O24. The number of aliphatic carboxylic acids is 1. The van der Waals surface area contributed by atoms with Crippen molar-refractivity contribution in [2.75, 3.05) is 27.4 Å². The standard InChI is InChI=1S/C38H48O24/c1-12-34(62-24(43)9-23(41)42)30(49)33(52)36(56-12)55-11-22-27(46)29(48)32(51)38(61-22)59-20-8-15-16(57-35(20)13-4-18(53-2)25(44)19(5-13)54-3)6-14(40)7-17(15)58-37-31(50)28(47)26(45)21(10-39)60-37/h4-8,12,21-22,26-40,44-52H,9-11H2,1-3H3,(H,41,42)/t12-,21+,22+,26+,27+,28-,29+,30-,31+,32+,33-,34-,35?,36+,37+,38+/m0/s1. The highest BCUT2D eigenvalue weighted by atomic mass is 16.7. The molecular weight excluding hydrogens is 840 g/mol. The number of benzene rings is 2. The van der Waals surface area contributed by atoms with E-state index in [-0.39, 0.29) is 45.6 Å². The van der Waals surface area contributed by atoms with E-state index in [4.69, 9.17) is 52.5 Å². The number of carbonyl (C=O) groups is 2. The van der Waals surface area contributed by atoms with Gasteiger partial charge in [0.1, 0.15) is 90.5 Å². The summed E-state index contributed by atoms with van der Waals surface area (Å²) in [5.41, 5.74) is 0.152. The molecule has 0 amide bonds. The van der Waals surface area contributed by atoms with Gasteiger partial charge in [-0.3, -0.25) is 9.59 Å². The van der Waals surface area contributed by atoms with Crippen LogP contribution in [0.2, 0.25) is 0 Å². The summed E-state index contributed by atoms with van der Waals surface area (Å²) in [6.45, 7) is -0.125. The normalized spacial score (nSPS) is 35.7. The Kier molecular flexibility index (Phi) is 14.5. The number of hydrogen-bond donors (Lipinski definition) is 12. The van der Waals surface area contributed by atoms with E-state index in [0.717, 1.165) is 6.07 Å². The van der Waals surface area contributed by atoms with Gasteiger partial charge in [0, 0.05) is 17.7 Å². The van der Waals surface area contributed by atoms with E-state index in [0.29, 0.717) is 0 Å². The molecule has 4 heterocycles. The Bertz CT molecular complexity index is 1920. The summed E-state index contributed by atoms with van der Waals surface area (Å²) in [7, 11) is 2.53. The van der Waals surface area contributed by atoms with Crippen LogP contribution in [0.5, 0.6) is 34.5 Å². The molecule has 0 radical (unpaired) electrons. The molecule has 16 atom stereocenters. The molecule has 3 fully saturated rings. The monoisotopic (exact) mass is 888 g/mol. The van der Waals surface area contributed by atoms with Crippen LogP contribution in [-0.2, 0) is 38.0 Å². The number of aliphatic hydroxyl groups is 9. The molecule has 2 aromatic carbocycles. The molecule has 0 aromatic heterocycles. The molecule has 24 heteroatoms. The molecule has 4 aliphatic heterocycles. The van der Waals surface area contributed by atoms with Gasteiger partial charge >= 0.3 is 11.9 Å². The van der Waals surface area contributed by atoms with Gasteiger partial charge in [0.15, 0.2) is 30.0 Å². The fourth-order valence-corrected chi connectivity index (χ4v) is 7.11. The Morgan fingerprint density at radius 2 is 1.27 bits per heavy atom. The Morgan fingerprint density at radius 1 is 0.694 bits per heavy atom. The Labute approximate surface area is 350 Å². The van der Waals surface area contributed by atoms with Crippen LogP contribution in [0.15, 0.2) is 30.0 Å². The number of esters is 1. The minimum Gasteiger partial charge on any atom is -0.508 e. The van der Waals surface area contributed by atoms with E-state index < -0.39 is 136 Å². The van der Waals surface area contributed by atoms with Crippen LogP contribution in [0, 0.1) is 0 Å². The molecule has 3 saturated heterocycles. The number of fused-ring (bicyclic) bond motifs is 1. The molecule has 0 spiro atoms. The average Bonchev–Trinajstić information content (AvgIpc) is 3.23. The Morgan fingerprint density at radius 3 is 1.87 bits per heavy atom. The average molecular weight is 889 g/mol. The van der Waals surface area contributed by atoms with Crippen molar-refractivity contribution in [3.8, 4) is 34.5 Å². The number of hydrogen-bond acceptors (Lipinski definition) is 23. The van der Waals surface area contributed by atoms with E-state index in [9.17, 15) is 65.8 Å². The number of aliphatic hydroxyl groups excluding tert-OH is 9. The third-order valence-electron chi connectivity index (χ3n) is 10.5. The molecule has 0 aliphatic carbocycles. The van der Waals surface area contributed by atoms with Crippen molar-refractivity contribution in [3.05, 3.63) is 41.2 Å². The molecule has 24 nitrogen and oxygen atoms in total. The van der Waals surface area contributed by atoms with Gasteiger partial charge in [0.2, 0.25) is 18.3 Å². The quantitative estimate of drug-likeness (QED) is 0.0646. The van der Waals surface area contributed by atoms with E-state index in [1.54, 1.807) is 0 Å². The Hall–Kier alpha value is -4.80. The lowest BCUT2D eigenvalue weighted by molar-refractivity contribution is -0.325. The Balaban J connectivity index is 1.29. The molecule has 0 saturated carbocycles. The van der Waals surface area contributed by atoms with Crippen molar-refractivity contribution in [1.82, 2.24) is 0 Å². The first-order valence-corrected chi connectivity index (χ1v) is 18.9. The van der Waals surface area contributed by atoms with Crippen molar-refractivity contribution >= 4 is 18.0 Å². The summed E-state index contributed by atoms with van der Waals surface area (Å²) in [6.07, 6.45) is -26.9. The number of rotatable bonds is 14. The molecule has 1 unspecified atom stereocenters. The van der Waals surface area contributed by atoms with Crippen LogP contribution in [0.25, 0.3) is 6.08 Å². The highest BCUT2D eigenvalue weighted by molar-refractivity contribution is 5.90. The number of phenols is 2. The largest absolute Gasteiger partial charge is 0.508 e. The first-order chi connectivity index (χ1) is 29.4. The van der Waals surface area contributed by atoms with E-state index in [1.807, 2.05) is 0 Å². The second-order valence-corrected chi connectivity index (χ2v) is 14.7. The van der Waals surface area contributed by atoms with Gasteiger partial charge in [0.05, 0.1) is 39.1 Å². The molecule has 62 heavy (non-hydrogen) atoms. The SMILES string of the molecule is COc1cc(C2Oc3cc(O)cc(O[C@@H]4O[C@H](CO)[C@@H](O)[C@H](O)[C@H]4O)c3C=C2O[C@@H]2O[C@H](CO[C@@H]3O[C@@H](C)[C@H](OC(=O)CC(=O)O)[C@@H](O)[C@@H]3O)[C@@H](O)[C@@H](O)[C@H]2O)cc(OC)c1O. The number of methoxy groups -OCH3 is 2. The van der Waals surface area contributed by atoms with Crippen LogP contribution in [0.4, 0.5) is 0 Å². The third-order valence-corrected chi connectivity index (χ3v) is 10.5. The van der Waals surface area contributed by atoms with Crippen molar-refractivity contribution in [2.45, 2.75) is 112 Å². The van der Waals surface area contributed by atoms with Crippen LogP contribution >= 0.6 is 0 Å². The minimum absolute atomic E-state index is 0.0162. The first kappa shape index (κ1) is 46.7. The maximum absolute atomic E-state index is 11.9. The number of carbonyl (C=O) groups excluding carboxylic acids is 1. The molecule has 0 bridgehead atoms. The van der Waals surface area contributed by atoms with Crippen LogP contribution in [-0.4, -0.2) is 193 Å². The highest BCUT2D eigenvalue weighted by Gasteiger charge is 2.50. The highest BCUT2D eigenvalue weighted by Crippen LogP contribution is 2.48. The van der Waals surface area contributed by atoms with Crippen molar-refractivity contribution in [1.29, 1.82) is 0 Å². The lowest BCUT2D eigenvalue weighted by Crippen LogP contribution is -2.61. The maximum atomic E-state index is 11.9. The van der Waals surface area contributed by atoms with Crippen molar-refractivity contribution < 1.29 is 118 Å². The number of aromatic hydroxyl groups is 2. The smallest absolute Gasteiger partial charge is 0.317 e. The molecule has 4 aliphatic rings. The lowest BCUT2D eigenvalue weighted by Gasteiger charge is -2.43. The summed E-state index contributed by atoms with van der Waals surface area (Å²) in [5, 5.41) is 126. The predicted molar refractivity (Wildman–Crippen MR) is 197 cm³/mol. The summed E-state index contributed by atoms with van der Waals surface area (Å²) in [5.74, 6) is -4.29. The first-order valence-electron chi connectivity index (χ1n) is 18.9. The third kappa shape index (κ3) is 9.57. The predicted octanol–water partition coefficient (Wildman–Crippen LogP) is -3.54. The summed E-state index contributed by atoms with van der Waals surface area (Å²) in [6, 6.07) is 4.93. The summed E-state index contributed by atoms with van der Waals surface area (Å²) in [4.78, 5) is 22.8. The van der Waals surface area contributed by atoms with E-state index in [1.165, 1.54) is 45.4 Å². The van der Waals surface area contributed by atoms with Crippen molar-refractivity contribution in [3.63, 3.8) is 0 Å². The number of carboxylic acids is 1. The van der Waals surface area contributed by atoms with Crippen LogP contribution in [0.1, 0.15) is 30.6 Å². The number of ether oxygens (including phenoxy) is 10. The van der Waals surface area contributed by atoms with Gasteiger partial charge in [-0.15, -0.1) is 0 Å². The van der Waals surface area contributed by atoms with Gasteiger partial charge < -0.3 is 109 Å². The zero-order valence-corrected chi connectivity index (χ0v) is 33.0. The number of carboxylic acid groups (broad SMARTS) is 1. The zero-order valence-electron chi connectivity index (χ0n) is 33.0. The molecule has 2 aromatic rings. The molecule has 6 rings (SSSR count). The molecule has 12 N–H and O–H groups in total. The molecule has 344 valence electrons. The second kappa shape index (κ2) is 19.3. The second-order valence-electron chi connectivity index (χ2n) is 14.7. The topological polar surface area (TPSA) is 369 Å². The van der Waals surface area contributed by atoms with Crippen LogP contribution < -0.4 is 18.9 Å². The lowest BCUT2D eigenvalue weighted by atomic mass is 9.97. The number of phenolic OH excluding ortho intramolecular Hbond substituents is 2. The van der Waals surface area contributed by atoms with E-state index in [2.05, 4.69) is 0 Å². The summed E-state index contributed by atoms with van der Waals surface area (Å²) >= 11 is 0. The minimum atomic E-state index is -1.99. The van der Waals surface area contributed by atoms with Gasteiger partial charge in [-0.2, -0.15) is 0 Å². The van der Waals surface area contributed by atoms with Gasteiger partial charge in [-0.05, 0) is 25.1 Å². The van der Waals surface area contributed by atoms with Crippen molar-refractivity contribution in [2.24, 2.45) is 0 Å². The summed E-state index contributed by atoms with van der Waals surface area (Å²) < 4.78 is 56.4. The van der Waals surface area contributed by atoms with Gasteiger partial charge in [-0.1, -0.05) is 0 Å². The zero-order chi connectivity index (χ0) is 45.3. The van der Waals surface area contributed by atoms with Gasteiger partial charge in [0.25, 0.3) is 0 Å². The van der Waals surface area contributed by atoms with Crippen LogP contribution in [0.3, 0.4) is 0 Å². The maximum Gasteiger partial charge on any atom is 0.317 e. The fraction of sp³-hybridized carbons (Fsp3) is 0.579. The van der Waals surface area contributed by atoms with E-state index >= 15 is 0 Å². The van der Waals surface area contributed by atoms with Gasteiger partial charge in [-0.25, -0.2) is 0 Å².